The highest BCUT2D eigenvalue weighted by molar-refractivity contribution is 5.99. The summed E-state index contributed by atoms with van der Waals surface area (Å²) in [7, 11) is 0. The van der Waals surface area contributed by atoms with Crippen LogP contribution >= 0.6 is 0 Å². The van der Waals surface area contributed by atoms with Crippen molar-refractivity contribution < 1.29 is 4.79 Å². The number of rotatable bonds is 3. The standard InChI is InChI=1S/C16H22N2O/c1-12(2)10-16(6-3-7-16)15(19)18-9-5-13-11-17-8-4-14(13)18/h4,8,11-12H,3,5-7,9-10H2,1-2H3. The molecule has 1 amide bonds. The molecule has 0 aromatic carbocycles. The summed E-state index contributed by atoms with van der Waals surface area (Å²) in [4.78, 5) is 19.1. The Bertz CT molecular complexity index is 491. The first-order valence-corrected chi connectivity index (χ1v) is 7.37. The Balaban J connectivity index is 1.85. The van der Waals surface area contributed by atoms with Crippen LogP contribution < -0.4 is 4.90 Å². The Morgan fingerprint density at radius 1 is 1.47 bits per heavy atom. The lowest BCUT2D eigenvalue weighted by Gasteiger charge is -2.44. The molecule has 102 valence electrons. The van der Waals surface area contributed by atoms with Gasteiger partial charge in [-0.25, -0.2) is 0 Å². The van der Waals surface area contributed by atoms with Crippen LogP contribution in [0.3, 0.4) is 0 Å². The van der Waals surface area contributed by atoms with Crippen LogP contribution in [0.5, 0.6) is 0 Å². The predicted molar refractivity (Wildman–Crippen MR) is 76.0 cm³/mol. The molecule has 0 N–H and O–H groups in total. The van der Waals surface area contributed by atoms with Gasteiger partial charge in [0.05, 0.1) is 0 Å². The number of carbonyl (C=O) groups excluding carboxylic acids is 1. The van der Waals surface area contributed by atoms with Crippen LogP contribution in [-0.2, 0) is 11.2 Å². The van der Waals surface area contributed by atoms with Gasteiger partial charge in [-0.1, -0.05) is 20.3 Å². The van der Waals surface area contributed by atoms with Gasteiger partial charge in [0.1, 0.15) is 0 Å². The molecule has 0 saturated heterocycles. The van der Waals surface area contributed by atoms with Gasteiger partial charge in [0.2, 0.25) is 5.91 Å². The Labute approximate surface area is 115 Å². The Kier molecular flexibility index (Phi) is 3.08. The van der Waals surface area contributed by atoms with Gasteiger partial charge in [-0.05, 0) is 43.2 Å². The van der Waals surface area contributed by atoms with Gasteiger partial charge in [-0.2, -0.15) is 0 Å². The summed E-state index contributed by atoms with van der Waals surface area (Å²) >= 11 is 0. The van der Waals surface area contributed by atoms with Crippen molar-refractivity contribution in [3.8, 4) is 0 Å². The molecule has 1 fully saturated rings. The van der Waals surface area contributed by atoms with E-state index in [0.29, 0.717) is 11.8 Å². The molecule has 3 rings (SSSR count). The fourth-order valence-electron chi connectivity index (χ4n) is 3.62. The largest absolute Gasteiger partial charge is 0.311 e. The minimum absolute atomic E-state index is 0.0704. The molecular weight excluding hydrogens is 236 g/mol. The van der Waals surface area contributed by atoms with E-state index in [1.807, 2.05) is 17.2 Å². The van der Waals surface area contributed by atoms with E-state index in [1.165, 1.54) is 12.0 Å². The summed E-state index contributed by atoms with van der Waals surface area (Å²) in [6.45, 7) is 5.27. The third kappa shape index (κ3) is 2.05. The van der Waals surface area contributed by atoms with Crippen molar-refractivity contribution in [3.63, 3.8) is 0 Å². The third-order valence-corrected chi connectivity index (χ3v) is 4.58. The number of amides is 1. The first-order chi connectivity index (χ1) is 9.12. The van der Waals surface area contributed by atoms with Gasteiger partial charge in [0.15, 0.2) is 0 Å². The topological polar surface area (TPSA) is 33.2 Å². The van der Waals surface area contributed by atoms with Crippen LogP contribution in [0.15, 0.2) is 18.5 Å². The first-order valence-electron chi connectivity index (χ1n) is 7.37. The molecule has 0 radical (unpaired) electrons. The van der Waals surface area contributed by atoms with Gasteiger partial charge >= 0.3 is 0 Å². The van der Waals surface area contributed by atoms with Gasteiger partial charge in [0, 0.05) is 30.0 Å². The molecule has 3 heteroatoms. The molecule has 3 nitrogen and oxygen atoms in total. The molecule has 2 aliphatic rings. The minimum Gasteiger partial charge on any atom is -0.311 e. The lowest BCUT2D eigenvalue weighted by Crippen LogP contribution is -2.48. The average Bonchev–Trinajstić information content (AvgIpc) is 2.76. The minimum atomic E-state index is -0.0704. The Hall–Kier alpha value is -1.38. The highest BCUT2D eigenvalue weighted by Gasteiger charge is 2.47. The number of pyridine rings is 1. The highest BCUT2D eigenvalue weighted by Crippen LogP contribution is 2.48. The van der Waals surface area contributed by atoms with E-state index in [0.717, 1.165) is 37.9 Å². The quantitative estimate of drug-likeness (QED) is 0.834. The second kappa shape index (κ2) is 4.62. The number of nitrogens with zero attached hydrogens (tertiary/aromatic N) is 2. The van der Waals surface area contributed by atoms with Crippen molar-refractivity contribution >= 4 is 11.6 Å². The highest BCUT2D eigenvalue weighted by atomic mass is 16.2. The SMILES string of the molecule is CC(C)CC1(C(=O)N2CCc3cnccc32)CCC1. The van der Waals surface area contributed by atoms with Crippen LogP contribution in [-0.4, -0.2) is 17.4 Å². The maximum Gasteiger partial charge on any atom is 0.233 e. The van der Waals surface area contributed by atoms with E-state index in [4.69, 9.17) is 0 Å². The molecule has 0 atom stereocenters. The summed E-state index contributed by atoms with van der Waals surface area (Å²) in [5.74, 6) is 0.946. The smallest absolute Gasteiger partial charge is 0.233 e. The Morgan fingerprint density at radius 2 is 2.26 bits per heavy atom. The second-order valence-corrected chi connectivity index (χ2v) is 6.44. The third-order valence-electron chi connectivity index (χ3n) is 4.58. The summed E-state index contributed by atoms with van der Waals surface area (Å²) in [6, 6.07) is 1.99. The van der Waals surface area contributed by atoms with Crippen molar-refractivity contribution in [3.05, 3.63) is 24.0 Å². The predicted octanol–water partition coefficient (Wildman–Crippen LogP) is 3.19. The molecule has 0 spiro atoms. The molecule has 1 aliphatic heterocycles. The maximum atomic E-state index is 13.0. The molecule has 19 heavy (non-hydrogen) atoms. The number of hydrogen-bond acceptors (Lipinski definition) is 2. The molecule has 2 heterocycles. The van der Waals surface area contributed by atoms with Gasteiger partial charge in [-0.3, -0.25) is 9.78 Å². The van der Waals surface area contributed by atoms with Crippen LogP contribution in [0.25, 0.3) is 0 Å². The van der Waals surface area contributed by atoms with Crippen LogP contribution in [0, 0.1) is 11.3 Å². The van der Waals surface area contributed by atoms with Crippen molar-refractivity contribution in [2.24, 2.45) is 11.3 Å². The summed E-state index contributed by atoms with van der Waals surface area (Å²) in [5, 5.41) is 0. The molecule has 1 aromatic rings. The zero-order chi connectivity index (χ0) is 13.5. The van der Waals surface area contributed by atoms with E-state index in [-0.39, 0.29) is 5.41 Å². The summed E-state index contributed by atoms with van der Waals surface area (Å²) in [5.41, 5.74) is 2.24. The number of hydrogen-bond donors (Lipinski definition) is 0. The lowest BCUT2D eigenvalue weighted by molar-refractivity contribution is -0.134. The van der Waals surface area contributed by atoms with E-state index in [9.17, 15) is 4.79 Å². The van der Waals surface area contributed by atoms with Crippen molar-refractivity contribution in [1.29, 1.82) is 0 Å². The van der Waals surface area contributed by atoms with Crippen molar-refractivity contribution in [1.82, 2.24) is 4.98 Å². The van der Waals surface area contributed by atoms with Gasteiger partial charge in [-0.15, -0.1) is 0 Å². The molecule has 1 aliphatic carbocycles. The van der Waals surface area contributed by atoms with E-state index in [1.54, 1.807) is 6.20 Å². The molecule has 0 unspecified atom stereocenters. The van der Waals surface area contributed by atoms with Crippen LogP contribution in [0.4, 0.5) is 5.69 Å². The molecular formula is C16H22N2O. The second-order valence-electron chi connectivity index (χ2n) is 6.44. The Morgan fingerprint density at radius 3 is 2.89 bits per heavy atom. The summed E-state index contributed by atoms with van der Waals surface area (Å²) < 4.78 is 0. The van der Waals surface area contributed by atoms with Crippen LogP contribution in [0.1, 0.15) is 45.1 Å². The van der Waals surface area contributed by atoms with Crippen LogP contribution in [0.2, 0.25) is 0 Å². The first kappa shape index (κ1) is 12.6. The average molecular weight is 258 g/mol. The molecule has 1 saturated carbocycles. The maximum absolute atomic E-state index is 13.0. The van der Waals surface area contributed by atoms with E-state index in [2.05, 4.69) is 18.8 Å². The van der Waals surface area contributed by atoms with Gasteiger partial charge in [0.25, 0.3) is 0 Å². The fraction of sp³-hybridized carbons (Fsp3) is 0.625. The van der Waals surface area contributed by atoms with E-state index >= 15 is 0 Å². The summed E-state index contributed by atoms with van der Waals surface area (Å²) in [6.07, 6.45) is 9.02. The zero-order valence-electron chi connectivity index (χ0n) is 11.9. The number of fused-ring (bicyclic) bond motifs is 1. The van der Waals surface area contributed by atoms with Gasteiger partial charge < -0.3 is 4.90 Å². The van der Waals surface area contributed by atoms with Crippen molar-refractivity contribution in [2.75, 3.05) is 11.4 Å². The zero-order valence-corrected chi connectivity index (χ0v) is 11.9. The molecule has 0 bridgehead atoms. The lowest BCUT2D eigenvalue weighted by atomic mass is 9.63. The number of aromatic nitrogens is 1. The monoisotopic (exact) mass is 258 g/mol. The molecule has 1 aromatic heterocycles. The fourth-order valence-corrected chi connectivity index (χ4v) is 3.62. The normalized spacial score (nSPS) is 20.3. The number of carbonyl (C=O) groups is 1. The van der Waals surface area contributed by atoms with Crippen molar-refractivity contribution in [2.45, 2.75) is 46.0 Å². The van der Waals surface area contributed by atoms with E-state index < -0.39 is 0 Å². The number of anilines is 1.